The smallest absolute Gasteiger partial charge is 0.0801 e. The predicted octanol–water partition coefficient (Wildman–Crippen LogP) is 3.48. The molecule has 0 saturated heterocycles. The van der Waals surface area contributed by atoms with Crippen molar-refractivity contribution in [2.24, 2.45) is 0 Å². The normalized spacial score (nSPS) is 17.6. The highest BCUT2D eigenvalue weighted by Gasteiger charge is 2.24. The van der Waals surface area contributed by atoms with Gasteiger partial charge in [-0.3, -0.25) is 0 Å². The minimum absolute atomic E-state index is 0.296. The predicted molar refractivity (Wildman–Crippen MR) is 54.6 cm³/mol. The van der Waals surface area contributed by atoms with Gasteiger partial charge in [0.15, 0.2) is 0 Å². The second kappa shape index (κ2) is 3.93. The van der Waals surface area contributed by atoms with E-state index in [1.807, 2.05) is 0 Å². The highest BCUT2D eigenvalue weighted by atomic mass is 35.5. The maximum Gasteiger partial charge on any atom is 0.0801 e. The van der Waals surface area contributed by atoms with Gasteiger partial charge in [-0.1, -0.05) is 46.4 Å². The number of hydrogen-bond donors (Lipinski definition) is 1. The van der Waals surface area contributed by atoms with Crippen LogP contribution >= 0.6 is 46.4 Å². The van der Waals surface area contributed by atoms with Crippen molar-refractivity contribution in [3.05, 3.63) is 31.9 Å². The van der Waals surface area contributed by atoms with Crippen molar-refractivity contribution >= 4 is 46.4 Å². The molecule has 0 saturated carbocycles. The average Bonchev–Trinajstić information content (AvgIpc) is 2.23. The van der Waals surface area contributed by atoms with E-state index in [4.69, 9.17) is 46.4 Å². The molecule has 12 heavy (non-hydrogen) atoms. The second-order valence-corrected chi connectivity index (χ2v) is 3.61. The first kappa shape index (κ1) is 10.3. The third-order valence-electron chi connectivity index (χ3n) is 1.34. The fourth-order valence-electron chi connectivity index (χ4n) is 0.797. The lowest BCUT2D eigenvalue weighted by Crippen LogP contribution is -1.95. The zero-order chi connectivity index (χ0) is 9.30. The molecule has 5 heteroatoms. The lowest BCUT2D eigenvalue weighted by Gasteiger charge is -1.97. The van der Waals surface area contributed by atoms with Crippen LogP contribution in [0.3, 0.4) is 0 Å². The van der Waals surface area contributed by atoms with Crippen LogP contribution in [0.4, 0.5) is 0 Å². The molecule has 0 radical (unpaired) electrons. The molecule has 66 valence electrons. The van der Waals surface area contributed by atoms with E-state index >= 15 is 0 Å². The van der Waals surface area contributed by atoms with E-state index in [9.17, 15) is 0 Å². The van der Waals surface area contributed by atoms with Gasteiger partial charge in [-0.25, -0.2) is 0 Å². The first-order valence-corrected chi connectivity index (χ1v) is 4.60. The van der Waals surface area contributed by atoms with E-state index in [0.29, 0.717) is 25.7 Å². The SMILES string of the molecule is CNC=C1C(Cl)=C(Cl)C(Cl)=C1Cl. The summed E-state index contributed by atoms with van der Waals surface area (Å²) in [6, 6.07) is 0. The topological polar surface area (TPSA) is 12.0 Å². The van der Waals surface area contributed by atoms with Crippen LogP contribution in [0.15, 0.2) is 31.9 Å². The van der Waals surface area contributed by atoms with Gasteiger partial charge in [0.25, 0.3) is 0 Å². The molecule has 0 heterocycles. The van der Waals surface area contributed by atoms with Gasteiger partial charge in [0.1, 0.15) is 0 Å². The molecule has 1 aliphatic rings. The van der Waals surface area contributed by atoms with E-state index in [-0.39, 0.29) is 0 Å². The molecule has 1 rings (SSSR count). The molecule has 0 unspecified atom stereocenters. The minimum atomic E-state index is 0.296. The summed E-state index contributed by atoms with van der Waals surface area (Å²) in [4.78, 5) is 0. The Morgan fingerprint density at radius 1 is 0.917 bits per heavy atom. The van der Waals surface area contributed by atoms with Crippen LogP contribution in [0.25, 0.3) is 0 Å². The first-order chi connectivity index (χ1) is 5.59. The standard InChI is InChI=1S/C7H5Cl4N/c1-12-2-3-4(8)6(10)7(11)5(3)9/h2,12H,1H3. The van der Waals surface area contributed by atoms with Crippen LogP contribution in [0.5, 0.6) is 0 Å². The van der Waals surface area contributed by atoms with Crippen molar-refractivity contribution < 1.29 is 0 Å². The van der Waals surface area contributed by atoms with Gasteiger partial charge in [-0.2, -0.15) is 0 Å². The van der Waals surface area contributed by atoms with Gasteiger partial charge in [-0.05, 0) is 0 Å². The molecule has 0 aromatic heterocycles. The summed E-state index contributed by atoms with van der Waals surface area (Å²) in [5.74, 6) is 0. The van der Waals surface area contributed by atoms with Crippen LogP contribution < -0.4 is 5.32 Å². The summed E-state index contributed by atoms with van der Waals surface area (Å²) in [5, 5.41) is 4.14. The Morgan fingerprint density at radius 2 is 1.33 bits per heavy atom. The van der Waals surface area contributed by atoms with Gasteiger partial charge in [0, 0.05) is 18.8 Å². The molecule has 0 atom stereocenters. The number of nitrogens with one attached hydrogen (secondary N) is 1. The number of allylic oxidation sites excluding steroid dienone is 5. The van der Waals surface area contributed by atoms with Gasteiger partial charge >= 0.3 is 0 Å². The molecule has 0 aromatic rings. The van der Waals surface area contributed by atoms with Crippen molar-refractivity contribution in [3.8, 4) is 0 Å². The maximum atomic E-state index is 5.83. The van der Waals surface area contributed by atoms with Crippen LogP contribution in [0, 0.1) is 0 Å². The van der Waals surface area contributed by atoms with E-state index in [2.05, 4.69) is 5.32 Å². The van der Waals surface area contributed by atoms with Gasteiger partial charge in [0.05, 0.1) is 20.1 Å². The Kier molecular flexibility index (Phi) is 3.36. The Hall–Kier alpha value is 0.180. The Morgan fingerprint density at radius 3 is 1.67 bits per heavy atom. The first-order valence-electron chi connectivity index (χ1n) is 3.08. The van der Waals surface area contributed by atoms with Crippen LogP contribution in [-0.2, 0) is 0 Å². The molecule has 0 bridgehead atoms. The molecular weight excluding hydrogens is 240 g/mol. The summed E-state index contributed by atoms with van der Waals surface area (Å²) in [7, 11) is 1.74. The van der Waals surface area contributed by atoms with Crippen molar-refractivity contribution in [2.45, 2.75) is 0 Å². The molecule has 0 amide bonds. The van der Waals surface area contributed by atoms with E-state index in [0.717, 1.165) is 0 Å². The molecule has 1 nitrogen and oxygen atoms in total. The zero-order valence-electron chi connectivity index (χ0n) is 6.09. The fraction of sp³-hybridized carbons (Fsp3) is 0.143. The van der Waals surface area contributed by atoms with E-state index in [1.165, 1.54) is 0 Å². The van der Waals surface area contributed by atoms with Crippen molar-refractivity contribution in [3.63, 3.8) is 0 Å². The van der Waals surface area contributed by atoms with Crippen LogP contribution in [-0.4, -0.2) is 7.05 Å². The van der Waals surface area contributed by atoms with Gasteiger partial charge in [-0.15, -0.1) is 0 Å². The molecule has 0 aliphatic heterocycles. The third-order valence-corrected chi connectivity index (χ3v) is 3.17. The summed E-state index contributed by atoms with van der Waals surface area (Å²) >= 11 is 23.1. The van der Waals surface area contributed by atoms with Crippen molar-refractivity contribution in [1.29, 1.82) is 0 Å². The largest absolute Gasteiger partial charge is 0.393 e. The number of halogens is 4. The quantitative estimate of drug-likeness (QED) is 0.745. The van der Waals surface area contributed by atoms with E-state index < -0.39 is 0 Å². The summed E-state index contributed by atoms with van der Waals surface area (Å²) < 4.78 is 0. The van der Waals surface area contributed by atoms with Gasteiger partial charge < -0.3 is 5.32 Å². The van der Waals surface area contributed by atoms with Crippen LogP contribution in [0.1, 0.15) is 0 Å². The summed E-state index contributed by atoms with van der Waals surface area (Å²) in [6.45, 7) is 0. The Balaban J connectivity index is 3.17. The Bertz CT molecular complexity index is 275. The van der Waals surface area contributed by atoms with Crippen molar-refractivity contribution in [2.75, 3.05) is 7.05 Å². The number of rotatable bonds is 1. The highest BCUT2D eigenvalue weighted by Crippen LogP contribution is 2.44. The van der Waals surface area contributed by atoms with E-state index in [1.54, 1.807) is 13.2 Å². The van der Waals surface area contributed by atoms with Crippen molar-refractivity contribution in [1.82, 2.24) is 5.32 Å². The van der Waals surface area contributed by atoms with Gasteiger partial charge in [0.2, 0.25) is 0 Å². The monoisotopic (exact) mass is 243 g/mol. The second-order valence-electron chi connectivity index (χ2n) is 2.10. The highest BCUT2D eigenvalue weighted by molar-refractivity contribution is 6.55. The molecular formula is C7H5Cl4N. The lowest BCUT2D eigenvalue weighted by atomic mass is 10.3. The fourth-order valence-corrected chi connectivity index (χ4v) is 1.82. The summed E-state index contributed by atoms with van der Waals surface area (Å²) in [5.41, 5.74) is 0.621. The van der Waals surface area contributed by atoms with Crippen LogP contribution in [0.2, 0.25) is 0 Å². The molecule has 1 N–H and O–H groups in total. The minimum Gasteiger partial charge on any atom is -0.393 e. The summed E-state index contributed by atoms with van der Waals surface area (Å²) in [6.07, 6.45) is 1.64. The zero-order valence-corrected chi connectivity index (χ0v) is 9.11. The Labute approximate surface area is 90.6 Å². The average molecular weight is 245 g/mol. The molecule has 0 spiro atoms. The third kappa shape index (κ3) is 1.60. The lowest BCUT2D eigenvalue weighted by molar-refractivity contribution is 1.09. The maximum absolute atomic E-state index is 5.83. The molecule has 1 aliphatic carbocycles. The molecule has 0 aromatic carbocycles. The molecule has 0 fully saturated rings. The number of hydrogen-bond acceptors (Lipinski definition) is 1.